The molecule has 6 rings (SSSR count). The van der Waals surface area contributed by atoms with Gasteiger partial charge in [-0.25, -0.2) is 19.2 Å². The van der Waals surface area contributed by atoms with Crippen LogP contribution in [0.5, 0.6) is 5.88 Å². The molecule has 0 bridgehead atoms. The van der Waals surface area contributed by atoms with Crippen LogP contribution in [0.1, 0.15) is 18.5 Å². The molecule has 1 aliphatic carbocycles. The summed E-state index contributed by atoms with van der Waals surface area (Å²) >= 11 is 0. The number of rotatable bonds is 5. The van der Waals surface area contributed by atoms with Crippen molar-refractivity contribution >= 4 is 23.2 Å². The first-order chi connectivity index (χ1) is 16.5. The van der Waals surface area contributed by atoms with Crippen molar-refractivity contribution in [3.05, 3.63) is 81.9 Å². The summed E-state index contributed by atoms with van der Waals surface area (Å²) < 4.78 is 18.2. The van der Waals surface area contributed by atoms with Gasteiger partial charge in [-0.2, -0.15) is 9.61 Å². The van der Waals surface area contributed by atoms with Gasteiger partial charge in [-0.1, -0.05) is 0 Å². The van der Waals surface area contributed by atoms with Gasteiger partial charge in [-0.05, 0) is 31.1 Å². The lowest BCUT2D eigenvalue weighted by molar-refractivity contribution is 0.454. The predicted molar refractivity (Wildman–Crippen MR) is 120 cm³/mol. The zero-order valence-corrected chi connectivity index (χ0v) is 17.6. The fourth-order valence-electron chi connectivity index (χ4n) is 3.58. The summed E-state index contributed by atoms with van der Waals surface area (Å²) in [4.78, 5) is 29.5. The molecule has 4 N–H and O–H groups in total. The first-order valence-electron chi connectivity index (χ1n) is 10.5. The molecule has 11 nitrogen and oxygen atoms in total. The van der Waals surface area contributed by atoms with E-state index in [1.54, 1.807) is 58.3 Å². The number of halogens is 1. The number of aromatic hydroxyl groups is 1. The molecule has 0 radical (unpaired) electrons. The van der Waals surface area contributed by atoms with Crippen molar-refractivity contribution in [2.45, 2.75) is 18.9 Å². The SMILES string of the molecule is O=c1[nH]c(O)c(C=c2cnn3c(=NC4CC4)cc(Nc4ccc(-n5ccnc5)cc4F)nc23)[nH]1. The van der Waals surface area contributed by atoms with Crippen LogP contribution >= 0.6 is 0 Å². The standard InChI is InChI=1S/C22H18FN9O2/c23-15-8-14(31-6-5-24-11-31)3-4-16(15)27-18-9-19(26-13-1-2-13)32-20(29-18)12(10-25-32)7-17-21(33)30-22(34)28-17/h3-11,13,27,33H,1-2H2,(H2,28,30,34). The van der Waals surface area contributed by atoms with Gasteiger partial charge in [0.2, 0.25) is 5.88 Å². The minimum Gasteiger partial charge on any atom is -0.493 e. The highest BCUT2D eigenvalue weighted by Crippen LogP contribution is 2.23. The van der Waals surface area contributed by atoms with Crippen molar-refractivity contribution in [3.8, 4) is 11.6 Å². The summed E-state index contributed by atoms with van der Waals surface area (Å²) in [6.07, 6.45) is 10.0. The molecule has 0 amide bonds. The van der Waals surface area contributed by atoms with Crippen molar-refractivity contribution in [2.24, 2.45) is 4.99 Å². The number of nitrogens with zero attached hydrogens (tertiary/aromatic N) is 6. The lowest BCUT2D eigenvalue weighted by Gasteiger charge is -2.09. The number of benzene rings is 1. The second-order valence-electron chi connectivity index (χ2n) is 7.94. The number of H-pyrrole nitrogens is 2. The third-order valence-corrected chi connectivity index (χ3v) is 5.40. The van der Waals surface area contributed by atoms with Crippen LogP contribution in [0.2, 0.25) is 0 Å². The zero-order valence-electron chi connectivity index (χ0n) is 17.6. The number of nitrogens with one attached hydrogen (secondary N) is 3. The second-order valence-corrected chi connectivity index (χ2v) is 7.94. The van der Waals surface area contributed by atoms with Gasteiger partial charge in [0.1, 0.15) is 17.3 Å². The molecule has 1 saturated carbocycles. The number of fused-ring (bicyclic) bond motifs is 1. The summed E-state index contributed by atoms with van der Waals surface area (Å²) in [6.45, 7) is 0. The number of hydrogen-bond acceptors (Lipinski definition) is 7. The van der Waals surface area contributed by atoms with Gasteiger partial charge in [0, 0.05) is 35.4 Å². The fourth-order valence-corrected chi connectivity index (χ4v) is 3.58. The Hall–Kier alpha value is -4.74. The van der Waals surface area contributed by atoms with Gasteiger partial charge >= 0.3 is 5.69 Å². The van der Waals surface area contributed by atoms with Crippen LogP contribution in [0.3, 0.4) is 0 Å². The normalized spacial score (nSPS) is 14.9. The van der Waals surface area contributed by atoms with E-state index < -0.39 is 11.5 Å². The molecule has 0 unspecified atom stereocenters. The van der Waals surface area contributed by atoms with Gasteiger partial charge in [0.15, 0.2) is 11.1 Å². The highest BCUT2D eigenvalue weighted by molar-refractivity contribution is 5.62. The first kappa shape index (κ1) is 19.9. The fraction of sp³-hybridized carbons (Fsp3) is 0.136. The smallest absolute Gasteiger partial charge is 0.326 e. The molecular weight excluding hydrogens is 441 g/mol. The van der Waals surface area contributed by atoms with E-state index in [0.29, 0.717) is 27.9 Å². The van der Waals surface area contributed by atoms with Crippen molar-refractivity contribution in [3.63, 3.8) is 0 Å². The monoisotopic (exact) mass is 459 g/mol. The molecule has 170 valence electrons. The van der Waals surface area contributed by atoms with Crippen LogP contribution in [0.15, 0.2) is 59.0 Å². The molecule has 1 aliphatic rings. The highest BCUT2D eigenvalue weighted by atomic mass is 19.1. The molecule has 0 atom stereocenters. The molecule has 1 aromatic carbocycles. The zero-order chi connectivity index (χ0) is 23.2. The average Bonchev–Trinajstić information content (AvgIpc) is 3.18. The second kappa shape index (κ2) is 7.69. The lowest BCUT2D eigenvalue weighted by atomic mass is 10.2. The van der Waals surface area contributed by atoms with E-state index in [1.807, 2.05) is 0 Å². The van der Waals surface area contributed by atoms with E-state index in [0.717, 1.165) is 12.8 Å². The Bertz CT molecular complexity index is 1690. The van der Waals surface area contributed by atoms with E-state index in [9.17, 15) is 14.3 Å². The van der Waals surface area contributed by atoms with E-state index in [4.69, 9.17) is 4.99 Å². The average molecular weight is 459 g/mol. The van der Waals surface area contributed by atoms with Crippen molar-refractivity contribution < 1.29 is 9.50 Å². The maximum atomic E-state index is 14.9. The summed E-state index contributed by atoms with van der Waals surface area (Å²) in [5.74, 6) is -0.367. The van der Waals surface area contributed by atoms with Crippen LogP contribution < -0.4 is 21.7 Å². The first-order valence-corrected chi connectivity index (χ1v) is 10.5. The van der Waals surface area contributed by atoms with Crippen LogP contribution in [0.4, 0.5) is 15.9 Å². The Kier molecular flexibility index (Phi) is 4.50. The molecule has 12 heteroatoms. The molecule has 5 aromatic rings. The van der Waals surface area contributed by atoms with Gasteiger partial charge in [0.25, 0.3) is 0 Å². The Balaban J connectivity index is 1.45. The Labute approximate surface area is 190 Å². The van der Waals surface area contributed by atoms with E-state index >= 15 is 0 Å². The predicted octanol–water partition coefficient (Wildman–Crippen LogP) is 1.13. The largest absolute Gasteiger partial charge is 0.493 e. The number of imidazole rings is 2. The topological polar surface area (TPSA) is 141 Å². The van der Waals surface area contributed by atoms with Gasteiger partial charge in [0.05, 0.1) is 24.3 Å². The highest BCUT2D eigenvalue weighted by Gasteiger charge is 2.20. The van der Waals surface area contributed by atoms with Crippen LogP contribution in [-0.4, -0.2) is 45.3 Å². The minimum atomic E-state index is -0.533. The lowest BCUT2D eigenvalue weighted by Crippen LogP contribution is -2.20. The van der Waals surface area contributed by atoms with Crippen LogP contribution in [0, 0.1) is 5.82 Å². The minimum absolute atomic E-state index is 0.196. The quantitative estimate of drug-likeness (QED) is 0.311. The van der Waals surface area contributed by atoms with Gasteiger partial charge in [-0.3, -0.25) is 9.98 Å². The third kappa shape index (κ3) is 3.70. The van der Waals surface area contributed by atoms with Gasteiger partial charge in [-0.15, -0.1) is 0 Å². The Morgan fingerprint density at radius 3 is 2.85 bits per heavy atom. The number of aromatic nitrogens is 7. The summed E-state index contributed by atoms with van der Waals surface area (Å²) in [5.41, 5.74) is 1.55. The molecular formula is C22H18FN9O2. The van der Waals surface area contributed by atoms with Crippen LogP contribution in [0.25, 0.3) is 17.4 Å². The van der Waals surface area contributed by atoms with E-state index in [-0.39, 0.29) is 23.3 Å². The van der Waals surface area contributed by atoms with Crippen LogP contribution in [-0.2, 0) is 0 Å². The summed E-state index contributed by atoms with van der Waals surface area (Å²) in [7, 11) is 0. The number of aromatic amines is 2. The van der Waals surface area contributed by atoms with E-state index in [1.165, 1.54) is 6.07 Å². The number of anilines is 2. The molecule has 34 heavy (non-hydrogen) atoms. The molecule has 4 aromatic heterocycles. The van der Waals surface area contributed by atoms with Crippen molar-refractivity contribution in [2.75, 3.05) is 5.32 Å². The summed E-state index contributed by atoms with van der Waals surface area (Å²) in [5, 5.41) is 17.9. The Morgan fingerprint density at radius 1 is 1.26 bits per heavy atom. The maximum Gasteiger partial charge on any atom is 0.326 e. The third-order valence-electron chi connectivity index (χ3n) is 5.40. The van der Waals surface area contributed by atoms with E-state index in [2.05, 4.69) is 30.4 Å². The number of hydrogen-bond donors (Lipinski definition) is 4. The Morgan fingerprint density at radius 2 is 2.15 bits per heavy atom. The van der Waals surface area contributed by atoms with Gasteiger partial charge < -0.3 is 20.0 Å². The molecule has 0 saturated heterocycles. The molecule has 0 spiro atoms. The summed E-state index contributed by atoms with van der Waals surface area (Å²) in [6, 6.07) is 6.72. The molecule has 4 heterocycles. The molecule has 0 aliphatic heterocycles. The van der Waals surface area contributed by atoms with Crippen molar-refractivity contribution in [1.82, 2.24) is 34.1 Å². The van der Waals surface area contributed by atoms with Crippen molar-refractivity contribution in [1.29, 1.82) is 0 Å². The maximum absolute atomic E-state index is 14.9. The molecule has 1 fully saturated rings.